The lowest BCUT2D eigenvalue weighted by Crippen LogP contribution is -1.86. The fourth-order valence-corrected chi connectivity index (χ4v) is 1.35. The van der Waals surface area contributed by atoms with E-state index in [1.165, 1.54) is 0 Å². The Morgan fingerprint density at radius 3 is 2.45 bits per heavy atom. The van der Waals surface area contributed by atoms with Crippen LogP contribution in [-0.2, 0) is 0 Å². The van der Waals surface area contributed by atoms with Gasteiger partial charge in [0, 0.05) is 0 Å². The van der Waals surface area contributed by atoms with Crippen LogP contribution < -0.4 is 0 Å². The summed E-state index contributed by atoms with van der Waals surface area (Å²) in [6.45, 7) is 1.78. The summed E-state index contributed by atoms with van der Waals surface area (Å²) in [7, 11) is 0. The molecule has 0 aliphatic rings. The van der Waals surface area contributed by atoms with Crippen molar-refractivity contribution in [2.24, 2.45) is 0 Å². The normalized spacial score (nSPS) is 10.5. The number of alkyl halides is 2. The molecule has 1 aromatic rings. The van der Waals surface area contributed by atoms with Gasteiger partial charge in [-0.15, -0.1) is 23.2 Å². The van der Waals surface area contributed by atoms with Crippen LogP contribution in [0.1, 0.15) is 16.0 Å². The molecule has 0 fully saturated rings. The second-order valence-electron chi connectivity index (χ2n) is 2.29. The molecule has 0 heterocycles. The minimum Gasteiger partial charge on any atom is -0.508 e. The Bertz CT molecular complexity index is 258. The Labute approximate surface area is 75.6 Å². The SMILES string of the molecule is Cc1c(O)cccc1C(Cl)Cl. The van der Waals surface area contributed by atoms with Gasteiger partial charge in [-0.2, -0.15) is 0 Å². The summed E-state index contributed by atoms with van der Waals surface area (Å²) in [5.74, 6) is 0.230. The Morgan fingerprint density at radius 1 is 1.36 bits per heavy atom. The molecule has 0 amide bonds. The molecule has 1 N–H and O–H groups in total. The van der Waals surface area contributed by atoms with E-state index in [4.69, 9.17) is 23.2 Å². The van der Waals surface area contributed by atoms with E-state index in [1.807, 2.05) is 0 Å². The molecule has 11 heavy (non-hydrogen) atoms. The van der Waals surface area contributed by atoms with E-state index < -0.39 is 4.84 Å². The van der Waals surface area contributed by atoms with Crippen LogP contribution in [0.2, 0.25) is 0 Å². The van der Waals surface area contributed by atoms with Crippen molar-refractivity contribution in [1.82, 2.24) is 0 Å². The first kappa shape index (κ1) is 8.69. The minimum absolute atomic E-state index is 0.230. The van der Waals surface area contributed by atoms with Crippen LogP contribution in [0.25, 0.3) is 0 Å². The number of hydrogen-bond acceptors (Lipinski definition) is 1. The molecule has 0 radical (unpaired) electrons. The maximum atomic E-state index is 9.23. The van der Waals surface area contributed by atoms with Crippen molar-refractivity contribution in [3.8, 4) is 5.75 Å². The van der Waals surface area contributed by atoms with Gasteiger partial charge in [-0.25, -0.2) is 0 Å². The Morgan fingerprint density at radius 2 is 2.00 bits per heavy atom. The second kappa shape index (κ2) is 3.33. The predicted molar refractivity (Wildman–Crippen MR) is 47.3 cm³/mol. The molecule has 1 nitrogen and oxygen atoms in total. The number of phenolic OH excluding ortho intramolecular Hbond substituents is 1. The van der Waals surface area contributed by atoms with Crippen LogP contribution in [0.15, 0.2) is 18.2 Å². The molecular formula is C8H8Cl2O. The molecule has 0 aliphatic carbocycles. The standard InChI is InChI=1S/C8H8Cl2O/c1-5-6(8(9)10)3-2-4-7(5)11/h2-4,8,11H,1H3. The zero-order valence-electron chi connectivity index (χ0n) is 6.01. The number of hydrogen-bond donors (Lipinski definition) is 1. The summed E-state index contributed by atoms with van der Waals surface area (Å²) in [6.07, 6.45) is 0. The highest BCUT2D eigenvalue weighted by atomic mass is 35.5. The predicted octanol–water partition coefficient (Wildman–Crippen LogP) is 3.18. The number of rotatable bonds is 1. The Balaban J connectivity index is 3.17. The van der Waals surface area contributed by atoms with Crippen LogP contribution in [0.5, 0.6) is 5.75 Å². The minimum atomic E-state index is -0.568. The molecule has 0 bridgehead atoms. The average molecular weight is 191 g/mol. The molecule has 3 heteroatoms. The van der Waals surface area contributed by atoms with E-state index in [9.17, 15) is 5.11 Å². The number of benzene rings is 1. The highest BCUT2D eigenvalue weighted by molar-refractivity contribution is 6.44. The van der Waals surface area contributed by atoms with Gasteiger partial charge in [0.1, 0.15) is 10.6 Å². The third kappa shape index (κ3) is 1.79. The molecule has 60 valence electrons. The fraction of sp³-hybridized carbons (Fsp3) is 0.250. The van der Waals surface area contributed by atoms with Crippen molar-refractivity contribution in [3.63, 3.8) is 0 Å². The van der Waals surface area contributed by atoms with Gasteiger partial charge >= 0.3 is 0 Å². The van der Waals surface area contributed by atoms with Crippen LogP contribution in [-0.4, -0.2) is 5.11 Å². The zero-order chi connectivity index (χ0) is 8.43. The van der Waals surface area contributed by atoms with Crippen molar-refractivity contribution < 1.29 is 5.11 Å². The Kier molecular flexibility index (Phi) is 2.63. The summed E-state index contributed by atoms with van der Waals surface area (Å²) in [5.41, 5.74) is 1.50. The van der Waals surface area contributed by atoms with E-state index in [1.54, 1.807) is 25.1 Å². The molecular weight excluding hydrogens is 183 g/mol. The molecule has 1 aromatic carbocycles. The molecule has 0 spiro atoms. The lowest BCUT2D eigenvalue weighted by Gasteiger charge is -2.06. The van der Waals surface area contributed by atoms with E-state index in [0.717, 1.165) is 11.1 Å². The molecule has 0 saturated carbocycles. The van der Waals surface area contributed by atoms with Gasteiger partial charge < -0.3 is 5.11 Å². The summed E-state index contributed by atoms with van der Waals surface area (Å²) >= 11 is 11.3. The highest BCUT2D eigenvalue weighted by Gasteiger charge is 2.08. The van der Waals surface area contributed by atoms with E-state index in [0.29, 0.717) is 0 Å². The fourth-order valence-electron chi connectivity index (χ4n) is 0.877. The molecule has 0 unspecified atom stereocenters. The van der Waals surface area contributed by atoms with Crippen LogP contribution >= 0.6 is 23.2 Å². The summed E-state index contributed by atoms with van der Waals surface area (Å²) in [5, 5.41) is 9.23. The summed E-state index contributed by atoms with van der Waals surface area (Å²) in [4.78, 5) is -0.568. The van der Waals surface area contributed by atoms with Crippen molar-refractivity contribution >= 4 is 23.2 Å². The van der Waals surface area contributed by atoms with Gasteiger partial charge in [0.05, 0.1) is 0 Å². The van der Waals surface area contributed by atoms with Gasteiger partial charge in [0.15, 0.2) is 0 Å². The number of aromatic hydroxyl groups is 1. The first-order valence-electron chi connectivity index (χ1n) is 3.19. The van der Waals surface area contributed by atoms with Gasteiger partial charge in [-0.3, -0.25) is 0 Å². The number of phenols is 1. The average Bonchev–Trinajstić information content (AvgIpc) is 1.94. The van der Waals surface area contributed by atoms with E-state index in [2.05, 4.69) is 0 Å². The molecule has 0 atom stereocenters. The first-order chi connectivity index (χ1) is 5.13. The monoisotopic (exact) mass is 190 g/mol. The lowest BCUT2D eigenvalue weighted by atomic mass is 10.1. The third-order valence-electron chi connectivity index (χ3n) is 1.58. The van der Waals surface area contributed by atoms with Gasteiger partial charge in [-0.1, -0.05) is 12.1 Å². The highest BCUT2D eigenvalue weighted by Crippen LogP contribution is 2.31. The molecule has 0 saturated heterocycles. The van der Waals surface area contributed by atoms with Crippen LogP contribution in [0.3, 0.4) is 0 Å². The van der Waals surface area contributed by atoms with Crippen molar-refractivity contribution in [1.29, 1.82) is 0 Å². The van der Waals surface area contributed by atoms with Crippen LogP contribution in [0.4, 0.5) is 0 Å². The molecule has 1 rings (SSSR count). The first-order valence-corrected chi connectivity index (χ1v) is 4.07. The van der Waals surface area contributed by atoms with E-state index >= 15 is 0 Å². The quantitative estimate of drug-likeness (QED) is 0.676. The summed E-state index contributed by atoms with van der Waals surface area (Å²) in [6, 6.07) is 5.12. The topological polar surface area (TPSA) is 20.2 Å². The largest absolute Gasteiger partial charge is 0.508 e. The molecule has 0 aliphatic heterocycles. The van der Waals surface area contributed by atoms with Crippen molar-refractivity contribution in [2.45, 2.75) is 11.8 Å². The Hall–Kier alpha value is -0.400. The van der Waals surface area contributed by atoms with Crippen LogP contribution in [0, 0.1) is 6.92 Å². The maximum Gasteiger partial charge on any atom is 0.133 e. The molecule has 0 aromatic heterocycles. The smallest absolute Gasteiger partial charge is 0.133 e. The number of halogens is 2. The maximum absolute atomic E-state index is 9.23. The van der Waals surface area contributed by atoms with Crippen molar-refractivity contribution in [3.05, 3.63) is 29.3 Å². The van der Waals surface area contributed by atoms with Gasteiger partial charge in [0.25, 0.3) is 0 Å². The second-order valence-corrected chi connectivity index (χ2v) is 3.39. The zero-order valence-corrected chi connectivity index (χ0v) is 7.52. The summed E-state index contributed by atoms with van der Waals surface area (Å²) < 4.78 is 0. The van der Waals surface area contributed by atoms with Gasteiger partial charge in [0.2, 0.25) is 0 Å². The van der Waals surface area contributed by atoms with E-state index in [-0.39, 0.29) is 5.75 Å². The van der Waals surface area contributed by atoms with Gasteiger partial charge in [-0.05, 0) is 24.1 Å². The lowest BCUT2D eigenvalue weighted by molar-refractivity contribution is 0.470. The van der Waals surface area contributed by atoms with Crippen molar-refractivity contribution in [2.75, 3.05) is 0 Å². The third-order valence-corrected chi connectivity index (χ3v) is 2.05.